The molecule has 2 amide bonds. The molecule has 1 aromatic rings. The molecule has 0 spiro atoms. The van der Waals surface area contributed by atoms with Crippen LogP contribution in [0.25, 0.3) is 0 Å². The van der Waals surface area contributed by atoms with Gasteiger partial charge in [-0.3, -0.25) is 9.59 Å². The van der Waals surface area contributed by atoms with Crippen LogP contribution < -0.4 is 16.0 Å². The summed E-state index contributed by atoms with van der Waals surface area (Å²) < 4.78 is 29.0. The van der Waals surface area contributed by atoms with Crippen LogP contribution in [0.5, 0.6) is 0 Å². The second-order valence-corrected chi connectivity index (χ2v) is 14.7. The van der Waals surface area contributed by atoms with Crippen molar-refractivity contribution >= 4 is 35.4 Å². The van der Waals surface area contributed by atoms with Crippen LogP contribution in [-0.4, -0.2) is 203 Å². The molecule has 0 bridgehead atoms. The predicted molar refractivity (Wildman–Crippen MR) is 185 cm³/mol. The second-order valence-electron chi connectivity index (χ2n) is 13.2. The first-order chi connectivity index (χ1) is 26.1. The zero-order chi connectivity index (χ0) is 40.6. The molecule has 0 aromatic carbocycles. The van der Waals surface area contributed by atoms with E-state index in [1.165, 1.54) is 0 Å². The number of rotatable bonds is 17. The topological polar surface area (TPSA) is 349 Å². The van der Waals surface area contributed by atoms with Gasteiger partial charge < -0.3 is 90.7 Å². The Hall–Kier alpha value is -2.85. The van der Waals surface area contributed by atoms with E-state index < -0.39 is 140 Å². The number of amides is 2. The van der Waals surface area contributed by atoms with Crippen molar-refractivity contribution in [3.8, 4) is 0 Å². The van der Waals surface area contributed by atoms with E-state index in [1.54, 1.807) is 24.4 Å². The Labute approximate surface area is 318 Å². The Kier molecular flexibility index (Phi) is 16.3. The fraction of sp³-hybridized carbons (Fsp3) is 0.750. The number of thioether (sulfide) groups is 1. The number of aliphatic carboxylic acids is 1. The van der Waals surface area contributed by atoms with Crippen LogP contribution in [-0.2, 0) is 38.1 Å². The number of pyridine rings is 1. The van der Waals surface area contributed by atoms with E-state index in [1.807, 2.05) is 0 Å². The number of hydrogen-bond donors (Lipinski definition) is 13. The molecule has 3 aliphatic heterocycles. The lowest BCUT2D eigenvalue weighted by molar-refractivity contribution is -0.354. The fourth-order valence-electron chi connectivity index (χ4n) is 6.52. The number of nitrogens with one attached hydrogen (secondary N) is 3. The summed E-state index contributed by atoms with van der Waals surface area (Å²) >= 11 is 0.314. The van der Waals surface area contributed by atoms with Crippen molar-refractivity contribution in [2.75, 3.05) is 38.3 Å². The number of aliphatic hydroxyl groups is 9. The third kappa shape index (κ3) is 10.8. The molecule has 13 N–H and O–H groups in total. The third-order valence-corrected chi connectivity index (χ3v) is 10.9. The molecule has 4 heterocycles. The van der Waals surface area contributed by atoms with Gasteiger partial charge in [0.05, 0.1) is 49.9 Å². The van der Waals surface area contributed by atoms with Gasteiger partial charge in [0.1, 0.15) is 60.7 Å². The highest BCUT2D eigenvalue weighted by Crippen LogP contribution is 2.46. The van der Waals surface area contributed by atoms with E-state index in [9.17, 15) is 65.4 Å². The van der Waals surface area contributed by atoms with Crippen LogP contribution in [0.3, 0.4) is 0 Å². The van der Waals surface area contributed by atoms with Gasteiger partial charge in [-0.05, 0) is 12.1 Å². The number of aliphatic hydroxyl groups excluding tert-OH is 9. The molecule has 3 saturated heterocycles. The molecule has 0 radical (unpaired) electrons. The Morgan fingerprint density at radius 2 is 1.58 bits per heavy atom. The standard InChI is InChI=1S/C32H50N4O18S/c1-13(40)35-20-15(42)9-32(31(48)49,55-28(20)22(44)16(43)10-37)54-27-23(45)17(11-38)51-30(25(27)47)53-26-18(12-39)52-29(21(24(26)46)36-14(2)41)50-8-7-34-19-5-3-4-6-33-19/h3-6,15-18,20-30,37-39,42-47H,7-12H2,1-2H3,(H,33,34)(H,35,40)(H,36,41)(H,48,49)/t15-,16+,17+,18+,20+,21+,22+,23-,24+,25+,26+,27-,28+,29+,30-,32+/m0/s1. The van der Waals surface area contributed by atoms with Crippen LogP contribution in [0.4, 0.5) is 5.82 Å². The quantitative estimate of drug-likeness (QED) is 0.0652. The normalized spacial score (nSPS) is 37.7. The van der Waals surface area contributed by atoms with Crippen molar-refractivity contribution in [2.24, 2.45) is 0 Å². The molecule has 0 saturated carbocycles. The van der Waals surface area contributed by atoms with Crippen molar-refractivity contribution in [1.82, 2.24) is 15.6 Å². The average Bonchev–Trinajstić information content (AvgIpc) is 3.15. The number of carboxylic acid groups (broad SMARTS) is 1. The number of aromatic nitrogens is 1. The van der Waals surface area contributed by atoms with Gasteiger partial charge in [0.2, 0.25) is 16.7 Å². The van der Waals surface area contributed by atoms with E-state index in [0.29, 0.717) is 17.6 Å². The summed E-state index contributed by atoms with van der Waals surface area (Å²) in [6, 6.07) is 2.52. The van der Waals surface area contributed by atoms with E-state index in [4.69, 9.17) is 23.7 Å². The minimum atomic E-state index is -2.63. The van der Waals surface area contributed by atoms with Gasteiger partial charge in [-0.2, -0.15) is 0 Å². The van der Waals surface area contributed by atoms with Crippen molar-refractivity contribution in [3.63, 3.8) is 0 Å². The van der Waals surface area contributed by atoms with E-state index in [2.05, 4.69) is 20.9 Å². The summed E-state index contributed by atoms with van der Waals surface area (Å²) in [6.07, 6.45) is -20.6. The van der Waals surface area contributed by atoms with Crippen molar-refractivity contribution in [3.05, 3.63) is 24.4 Å². The molecule has 312 valence electrons. The highest BCUT2D eigenvalue weighted by molar-refractivity contribution is 8.02. The Morgan fingerprint density at radius 1 is 0.927 bits per heavy atom. The van der Waals surface area contributed by atoms with Crippen molar-refractivity contribution in [1.29, 1.82) is 0 Å². The SMILES string of the molecule is CC(=O)N[C@H]1[C@H](OCCNc2ccccn2)O[C@H](CO)[C@@H](O[C@@H]2O[C@H](CO)[C@H](O)[C@H](O[C@]3(C(=O)O)C[C@H](O)[C@@H](NC(C)=O)[C@H]([C@H](O)[C@H](O)CO)S3)[C@H]2O)[C@@H]1O. The minimum absolute atomic E-state index is 0.0201. The van der Waals surface area contributed by atoms with Crippen LogP contribution in [0.1, 0.15) is 20.3 Å². The van der Waals surface area contributed by atoms with E-state index >= 15 is 0 Å². The monoisotopic (exact) mass is 810 g/mol. The summed E-state index contributed by atoms with van der Waals surface area (Å²) in [6.45, 7) is -0.274. The van der Waals surface area contributed by atoms with Crippen molar-refractivity contribution < 1.29 is 89.1 Å². The molecule has 55 heavy (non-hydrogen) atoms. The summed E-state index contributed by atoms with van der Waals surface area (Å²) in [5.41, 5.74) is 0. The van der Waals surface area contributed by atoms with E-state index in [0.717, 1.165) is 13.8 Å². The maximum Gasteiger partial charge on any atom is 0.346 e. The van der Waals surface area contributed by atoms with Crippen LogP contribution in [0, 0.1) is 0 Å². The maximum absolute atomic E-state index is 12.9. The van der Waals surface area contributed by atoms with Gasteiger partial charge in [-0.1, -0.05) is 6.07 Å². The fourth-order valence-corrected chi connectivity index (χ4v) is 8.21. The highest BCUT2D eigenvalue weighted by Gasteiger charge is 2.59. The average molecular weight is 811 g/mol. The molecular formula is C32H50N4O18S. The zero-order valence-electron chi connectivity index (χ0n) is 29.8. The Balaban J connectivity index is 1.57. The number of carbonyl (C=O) groups excluding carboxylic acids is 2. The number of anilines is 1. The number of hydrogen-bond acceptors (Lipinski definition) is 20. The largest absolute Gasteiger partial charge is 0.478 e. The molecular weight excluding hydrogens is 760 g/mol. The molecule has 23 heteroatoms. The summed E-state index contributed by atoms with van der Waals surface area (Å²) in [7, 11) is 0. The lowest BCUT2D eigenvalue weighted by Crippen LogP contribution is -2.69. The molecule has 22 nitrogen and oxygen atoms in total. The number of nitrogens with zero attached hydrogens (tertiary/aromatic N) is 1. The smallest absolute Gasteiger partial charge is 0.346 e. The molecule has 3 fully saturated rings. The lowest BCUT2D eigenvalue weighted by Gasteiger charge is -2.50. The molecule has 4 rings (SSSR count). The zero-order valence-corrected chi connectivity index (χ0v) is 30.6. The van der Waals surface area contributed by atoms with Crippen LogP contribution in [0.2, 0.25) is 0 Å². The number of ether oxygens (including phenoxy) is 5. The molecule has 0 aliphatic carbocycles. The first-order valence-electron chi connectivity index (χ1n) is 17.3. The molecule has 3 aliphatic rings. The van der Waals surface area contributed by atoms with Crippen LogP contribution >= 0.6 is 11.8 Å². The van der Waals surface area contributed by atoms with Gasteiger partial charge in [-0.25, -0.2) is 9.78 Å². The van der Waals surface area contributed by atoms with Gasteiger partial charge >= 0.3 is 5.97 Å². The minimum Gasteiger partial charge on any atom is -0.478 e. The van der Waals surface area contributed by atoms with Crippen molar-refractivity contribution in [2.45, 2.75) is 116 Å². The van der Waals surface area contributed by atoms with Gasteiger partial charge in [0, 0.05) is 33.0 Å². The molecule has 16 atom stereocenters. The number of carbonyl (C=O) groups is 3. The molecule has 0 unspecified atom stereocenters. The first-order valence-corrected chi connectivity index (χ1v) is 18.2. The van der Waals surface area contributed by atoms with Crippen LogP contribution in [0.15, 0.2) is 24.4 Å². The Morgan fingerprint density at radius 3 is 2.16 bits per heavy atom. The lowest BCUT2D eigenvalue weighted by atomic mass is 9.93. The maximum atomic E-state index is 12.9. The van der Waals surface area contributed by atoms with E-state index in [-0.39, 0.29) is 13.2 Å². The predicted octanol–water partition coefficient (Wildman–Crippen LogP) is -5.83. The second kappa shape index (κ2) is 20.0. The van der Waals surface area contributed by atoms with Gasteiger partial charge in [0.15, 0.2) is 12.6 Å². The highest BCUT2D eigenvalue weighted by atomic mass is 32.2. The third-order valence-electron chi connectivity index (χ3n) is 9.20. The Bertz CT molecular complexity index is 1410. The van der Waals surface area contributed by atoms with Gasteiger partial charge in [-0.15, -0.1) is 11.8 Å². The summed E-state index contributed by atoms with van der Waals surface area (Å²) in [5.74, 6) is -2.53. The number of carboxylic acids is 1. The summed E-state index contributed by atoms with van der Waals surface area (Å²) in [5, 5.41) is 113. The van der Waals surface area contributed by atoms with Gasteiger partial charge in [0.25, 0.3) is 0 Å². The molecule has 1 aromatic heterocycles. The summed E-state index contributed by atoms with van der Waals surface area (Å²) in [4.78, 5) is 38.5. The first kappa shape index (κ1) is 44.9.